The molecule has 2 aromatic rings. The first kappa shape index (κ1) is 15.7. The first-order valence-corrected chi connectivity index (χ1v) is 7.68. The topological polar surface area (TPSA) is 50.7 Å². The van der Waals surface area contributed by atoms with E-state index in [1.54, 1.807) is 12.3 Å². The molecular formula is C15H12Br2N2O2. The van der Waals surface area contributed by atoms with E-state index in [4.69, 9.17) is 4.74 Å². The number of carbonyl (C=O) groups is 1. The molecule has 0 aliphatic carbocycles. The first-order valence-electron chi connectivity index (χ1n) is 6.10. The fourth-order valence-corrected chi connectivity index (χ4v) is 2.13. The predicted molar refractivity (Wildman–Crippen MR) is 89.5 cm³/mol. The maximum absolute atomic E-state index is 11.6. The Balaban J connectivity index is 1.80. The lowest BCUT2D eigenvalue weighted by Crippen LogP contribution is -2.24. The highest BCUT2D eigenvalue weighted by atomic mass is 79.9. The third kappa shape index (κ3) is 5.32. The summed E-state index contributed by atoms with van der Waals surface area (Å²) in [5.41, 5.74) is 3.31. The van der Waals surface area contributed by atoms with Crippen LogP contribution in [0.15, 0.2) is 62.6 Å². The summed E-state index contributed by atoms with van der Waals surface area (Å²) in [6.07, 6.45) is 1.57. The van der Waals surface area contributed by atoms with Gasteiger partial charge in [0.05, 0.1) is 10.7 Å². The van der Waals surface area contributed by atoms with Gasteiger partial charge in [0.25, 0.3) is 5.91 Å². The smallest absolute Gasteiger partial charge is 0.277 e. The highest BCUT2D eigenvalue weighted by Gasteiger charge is 2.03. The van der Waals surface area contributed by atoms with Crippen molar-refractivity contribution >= 4 is 44.0 Å². The van der Waals surface area contributed by atoms with Crippen LogP contribution in [-0.4, -0.2) is 18.7 Å². The molecule has 0 atom stereocenters. The fraction of sp³-hybridized carbons (Fsp3) is 0.0667. The van der Waals surface area contributed by atoms with Gasteiger partial charge in [-0.25, -0.2) is 5.43 Å². The minimum Gasteiger partial charge on any atom is -0.483 e. The van der Waals surface area contributed by atoms with Crippen molar-refractivity contribution in [3.05, 3.63) is 63.0 Å². The number of rotatable bonds is 5. The molecule has 108 valence electrons. The summed E-state index contributed by atoms with van der Waals surface area (Å²) in [6, 6.07) is 14.9. The van der Waals surface area contributed by atoms with E-state index in [2.05, 4.69) is 42.4 Å². The molecule has 0 saturated carbocycles. The quantitative estimate of drug-likeness (QED) is 0.601. The molecule has 0 heterocycles. The standard InChI is InChI=1S/C15H12Br2N2O2/c16-12-7-5-11(6-8-12)9-18-19-15(20)10-21-14-4-2-1-3-13(14)17/h1-9H,10H2,(H,19,20)/b18-9-. The van der Waals surface area contributed by atoms with Gasteiger partial charge in [0.1, 0.15) is 5.75 Å². The maximum Gasteiger partial charge on any atom is 0.277 e. The van der Waals surface area contributed by atoms with E-state index in [0.29, 0.717) is 5.75 Å². The second-order valence-electron chi connectivity index (χ2n) is 4.06. The second kappa shape index (κ2) is 7.95. The number of halogens is 2. The van der Waals surface area contributed by atoms with E-state index in [0.717, 1.165) is 14.5 Å². The van der Waals surface area contributed by atoms with Gasteiger partial charge < -0.3 is 4.74 Å². The monoisotopic (exact) mass is 410 g/mol. The summed E-state index contributed by atoms with van der Waals surface area (Å²) < 4.78 is 7.17. The molecular weight excluding hydrogens is 400 g/mol. The van der Waals surface area contributed by atoms with Crippen LogP contribution in [0, 0.1) is 0 Å². The number of nitrogens with one attached hydrogen (secondary N) is 1. The number of ether oxygens (including phenoxy) is 1. The molecule has 0 aromatic heterocycles. The van der Waals surface area contributed by atoms with E-state index in [1.165, 1.54) is 0 Å². The van der Waals surface area contributed by atoms with Gasteiger partial charge in [-0.2, -0.15) is 5.10 Å². The van der Waals surface area contributed by atoms with Gasteiger partial charge in [0, 0.05) is 4.47 Å². The number of benzene rings is 2. The van der Waals surface area contributed by atoms with Crippen molar-refractivity contribution in [3.8, 4) is 5.75 Å². The lowest BCUT2D eigenvalue weighted by Gasteiger charge is -2.06. The highest BCUT2D eigenvalue weighted by molar-refractivity contribution is 9.10. The summed E-state index contributed by atoms with van der Waals surface area (Å²) in [4.78, 5) is 11.6. The Kier molecular flexibility index (Phi) is 5.95. The Hall–Kier alpha value is -1.66. The zero-order valence-electron chi connectivity index (χ0n) is 10.9. The molecule has 2 aromatic carbocycles. The molecule has 0 unspecified atom stereocenters. The van der Waals surface area contributed by atoms with Crippen LogP contribution in [0.1, 0.15) is 5.56 Å². The number of hydrazone groups is 1. The molecule has 0 radical (unpaired) electrons. The minimum atomic E-state index is -0.320. The zero-order chi connectivity index (χ0) is 15.1. The van der Waals surface area contributed by atoms with Gasteiger partial charge >= 0.3 is 0 Å². The fourth-order valence-electron chi connectivity index (χ4n) is 1.47. The van der Waals surface area contributed by atoms with Gasteiger partial charge in [-0.3, -0.25) is 4.79 Å². The summed E-state index contributed by atoms with van der Waals surface area (Å²) in [7, 11) is 0. The Morgan fingerprint density at radius 1 is 1.14 bits per heavy atom. The molecule has 0 saturated heterocycles. The van der Waals surface area contributed by atoms with Gasteiger partial charge in [-0.1, -0.05) is 40.2 Å². The Labute approximate surface area is 139 Å². The number of nitrogens with zero attached hydrogens (tertiary/aromatic N) is 1. The summed E-state index contributed by atoms with van der Waals surface area (Å²) in [5, 5.41) is 3.87. The van der Waals surface area contributed by atoms with E-state index < -0.39 is 0 Å². The third-order valence-electron chi connectivity index (χ3n) is 2.47. The van der Waals surface area contributed by atoms with E-state index in [-0.39, 0.29) is 12.5 Å². The molecule has 0 fully saturated rings. The zero-order valence-corrected chi connectivity index (χ0v) is 14.1. The van der Waals surface area contributed by atoms with Crippen LogP contribution in [0.5, 0.6) is 5.75 Å². The Morgan fingerprint density at radius 3 is 2.57 bits per heavy atom. The molecule has 1 N–H and O–H groups in total. The minimum absolute atomic E-state index is 0.0969. The van der Waals surface area contributed by atoms with Crippen molar-refractivity contribution in [3.63, 3.8) is 0 Å². The molecule has 0 aliphatic rings. The Bertz CT molecular complexity index is 642. The number of para-hydroxylation sites is 1. The van der Waals surface area contributed by atoms with Crippen LogP contribution in [-0.2, 0) is 4.79 Å². The largest absolute Gasteiger partial charge is 0.483 e. The third-order valence-corrected chi connectivity index (χ3v) is 3.65. The van der Waals surface area contributed by atoms with Crippen LogP contribution in [0.4, 0.5) is 0 Å². The molecule has 6 heteroatoms. The Morgan fingerprint density at radius 2 is 1.86 bits per heavy atom. The van der Waals surface area contributed by atoms with Gasteiger partial charge in [-0.05, 0) is 45.8 Å². The van der Waals surface area contributed by atoms with Crippen LogP contribution in [0.2, 0.25) is 0 Å². The maximum atomic E-state index is 11.6. The molecule has 21 heavy (non-hydrogen) atoms. The van der Waals surface area contributed by atoms with Crippen LogP contribution in [0.25, 0.3) is 0 Å². The number of hydrogen-bond donors (Lipinski definition) is 1. The number of amides is 1. The van der Waals surface area contributed by atoms with Crippen molar-refractivity contribution < 1.29 is 9.53 Å². The molecule has 0 bridgehead atoms. The highest BCUT2D eigenvalue weighted by Crippen LogP contribution is 2.23. The van der Waals surface area contributed by atoms with Crippen molar-refractivity contribution in [2.75, 3.05) is 6.61 Å². The molecule has 2 rings (SSSR count). The van der Waals surface area contributed by atoms with Gasteiger partial charge in [-0.15, -0.1) is 0 Å². The normalized spacial score (nSPS) is 10.6. The summed E-state index contributed by atoms with van der Waals surface area (Å²) in [6.45, 7) is -0.0969. The van der Waals surface area contributed by atoms with Crippen molar-refractivity contribution in [1.29, 1.82) is 0 Å². The molecule has 1 amide bonds. The predicted octanol–water partition coefficient (Wildman–Crippen LogP) is 3.74. The van der Waals surface area contributed by atoms with Gasteiger partial charge in [0.2, 0.25) is 0 Å². The first-order chi connectivity index (χ1) is 10.1. The average Bonchev–Trinajstić information content (AvgIpc) is 2.48. The molecule has 0 aliphatic heterocycles. The van der Waals surface area contributed by atoms with E-state index in [9.17, 15) is 4.79 Å². The molecule has 0 spiro atoms. The average molecular weight is 412 g/mol. The molecule has 4 nitrogen and oxygen atoms in total. The number of hydrogen-bond acceptors (Lipinski definition) is 3. The SMILES string of the molecule is O=C(COc1ccccc1Br)N/N=C\c1ccc(Br)cc1. The van der Waals surface area contributed by atoms with Crippen LogP contribution < -0.4 is 10.2 Å². The lowest BCUT2D eigenvalue weighted by atomic mass is 10.2. The van der Waals surface area contributed by atoms with Gasteiger partial charge in [0.15, 0.2) is 6.61 Å². The van der Waals surface area contributed by atoms with Crippen molar-refractivity contribution in [2.45, 2.75) is 0 Å². The second-order valence-corrected chi connectivity index (χ2v) is 5.83. The number of carbonyl (C=O) groups excluding carboxylic acids is 1. The lowest BCUT2D eigenvalue weighted by molar-refractivity contribution is -0.123. The van der Waals surface area contributed by atoms with E-state index >= 15 is 0 Å². The van der Waals surface area contributed by atoms with E-state index in [1.807, 2.05) is 42.5 Å². The van der Waals surface area contributed by atoms with Crippen LogP contribution in [0.3, 0.4) is 0 Å². The van der Waals surface area contributed by atoms with Crippen LogP contribution >= 0.6 is 31.9 Å². The summed E-state index contributed by atoms with van der Waals surface area (Å²) in [5.74, 6) is 0.295. The van der Waals surface area contributed by atoms with Crippen molar-refractivity contribution in [2.24, 2.45) is 5.10 Å². The van der Waals surface area contributed by atoms with Crippen molar-refractivity contribution in [1.82, 2.24) is 5.43 Å². The summed E-state index contributed by atoms with van der Waals surface area (Å²) >= 11 is 6.70.